The Morgan fingerprint density at radius 1 is 1.34 bits per heavy atom. The number of alkyl halides is 2. The summed E-state index contributed by atoms with van der Waals surface area (Å²) < 4.78 is 28.9. The Hall–Kier alpha value is -2.76. The number of aliphatic hydroxyl groups excluding tert-OH is 1. The third kappa shape index (κ3) is 5.72. The van der Waals surface area contributed by atoms with Crippen molar-refractivity contribution in [3.63, 3.8) is 0 Å². The van der Waals surface area contributed by atoms with Gasteiger partial charge < -0.3 is 21.1 Å². The van der Waals surface area contributed by atoms with Crippen molar-refractivity contribution < 1.29 is 13.9 Å². The number of nitrogens with one attached hydrogen (secondary N) is 3. The molecule has 12 heteroatoms. The Morgan fingerprint density at radius 2 is 2.00 bits per heavy atom. The molecule has 0 spiro atoms. The second kappa shape index (κ2) is 10.2. The van der Waals surface area contributed by atoms with Crippen molar-refractivity contribution in [3.8, 4) is 0 Å². The summed E-state index contributed by atoms with van der Waals surface area (Å²) in [6.45, 7) is 1.18. The number of halogens is 3. The highest BCUT2D eigenvalue weighted by Gasteiger charge is 2.47. The van der Waals surface area contributed by atoms with E-state index in [0.29, 0.717) is 5.02 Å². The number of piperidine rings is 1. The van der Waals surface area contributed by atoms with E-state index in [0.717, 1.165) is 0 Å². The fraction of sp³-hybridized carbons (Fsp3) is 0.450. The van der Waals surface area contributed by atoms with Crippen LogP contribution in [0.15, 0.2) is 37.1 Å². The third-order valence-corrected chi connectivity index (χ3v) is 5.36. The van der Waals surface area contributed by atoms with E-state index in [1.807, 2.05) is 0 Å². The highest BCUT2D eigenvalue weighted by Crippen LogP contribution is 2.36. The first-order valence-corrected chi connectivity index (χ1v) is 10.4. The Bertz CT molecular complexity index is 944. The minimum atomic E-state index is -3.01. The van der Waals surface area contributed by atoms with E-state index >= 15 is 0 Å². The smallest absolute Gasteiger partial charge is 0.261 e. The van der Waals surface area contributed by atoms with E-state index in [-0.39, 0.29) is 36.0 Å². The van der Waals surface area contributed by atoms with Gasteiger partial charge in [0, 0.05) is 44.6 Å². The van der Waals surface area contributed by atoms with Crippen LogP contribution in [0.3, 0.4) is 0 Å². The first-order valence-electron chi connectivity index (χ1n) is 9.98. The molecule has 4 N–H and O–H groups in total. The maximum Gasteiger partial charge on any atom is 0.261 e. The molecule has 1 saturated heterocycles. The van der Waals surface area contributed by atoms with Gasteiger partial charge in [-0.3, -0.25) is 4.90 Å². The van der Waals surface area contributed by atoms with Crippen LogP contribution in [0.25, 0.3) is 5.57 Å². The number of hydrogen-bond donors (Lipinski definition) is 4. The molecule has 0 saturated carbocycles. The fourth-order valence-electron chi connectivity index (χ4n) is 3.72. The van der Waals surface area contributed by atoms with Crippen LogP contribution in [0, 0.1) is 11.3 Å². The van der Waals surface area contributed by atoms with Crippen molar-refractivity contribution in [2.75, 3.05) is 25.5 Å². The lowest BCUT2D eigenvalue weighted by atomic mass is 9.87. The summed E-state index contributed by atoms with van der Waals surface area (Å²) in [5.41, 5.74) is -0.0851. The van der Waals surface area contributed by atoms with Crippen LogP contribution in [-0.4, -0.2) is 74.0 Å². The molecule has 0 amide bonds. The van der Waals surface area contributed by atoms with Crippen LogP contribution in [0.1, 0.15) is 19.2 Å². The number of rotatable bonds is 8. The van der Waals surface area contributed by atoms with Gasteiger partial charge in [-0.25, -0.2) is 28.7 Å². The quantitative estimate of drug-likeness (QED) is 0.437. The Balaban J connectivity index is 1.84. The summed E-state index contributed by atoms with van der Waals surface area (Å²) in [6, 6.07) is 1.10. The molecule has 2 aromatic heterocycles. The van der Waals surface area contributed by atoms with Crippen LogP contribution in [0.2, 0.25) is 5.02 Å². The molecule has 1 aliphatic rings. The summed E-state index contributed by atoms with van der Waals surface area (Å²) in [5, 5.41) is 25.7. The minimum absolute atomic E-state index is 0.191. The van der Waals surface area contributed by atoms with Gasteiger partial charge in [-0.1, -0.05) is 18.5 Å². The molecule has 9 nitrogen and oxygen atoms in total. The van der Waals surface area contributed by atoms with E-state index in [1.165, 1.54) is 35.9 Å². The number of aromatic nitrogens is 4. The molecule has 1 fully saturated rings. The summed E-state index contributed by atoms with van der Waals surface area (Å²) in [5.74, 6) is -3.00. The molecule has 0 radical (unpaired) electrons. The highest BCUT2D eigenvalue weighted by molar-refractivity contribution is 6.30. The van der Waals surface area contributed by atoms with Gasteiger partial charge in [-0.05, 0) is 12.0 Å². The zero-order chi connectivity index (χ0) is 23.3. The van der Waals surface area contributed by atoms with Gasteiger partial charge in [0.15, 0.2) is 12.1 Å². The molecule has 172 valence electrons. The highest BCUT2D eigenvalue weighted by atomic mass is 35.5. The van der Waals surface area contributed by atoms with Crippen LogP contribution in [0.4, 0.5) is 14.7 Å². The lowest BCUT2D eigenvalue weighted by Crippen LogP contribution is -2.60. The number of hydrogen-bond acceptors (Lipinski definition) is 9. The third-order valence-electron chi connectivity index (χ3n) is 5.16. The molecule has 2 aromatic rings. The first-order chi connectivity index (χ1) is 15.2. The number of aliphatic hydroxyl groups is 1. The van der Waals surface area contributed by atoms with Gasteiger partial charge in [0.25, 0.3) is 5.92 Å². The van der Waals surface area contributed by atoms with Crippen LogP contribution < -0.4 is 10.6 Å². The zero-order valence-electron chi connectivity index (χ0n) is 17.6. The van der Waals surface area contributed by atoms with Gasteiger partial charge in [0.2, 0.25) is 5.95 Å². The average Bonchev–Trinajstić information content (AvgIpc) is 2.76. The predicted octanol–water partition coefficient (Wildman–Crippen LogP) is 2.28. The predicted molar refractivity (Wildman–Crippen MR) is 118 cm³/mol. The van der Waals surface area contributed by atoms with Gasteiger partial charge in [-0.2, -0.15) is 0 Å². The lowest BCUT2D eigenvalue weighted by molar-refractivity contribution is -0.133. The number of nitrogens with zero attached hydrogens (tertiary/aromatic N) is 5. The maximum absolute atomic E-state index is 14.4. The molecule has 0 aliphatic carbocycles. The van der Waals surface area contributed by atoms with Crippen LogP contribution in [0.5, 0.6) is 0 Å². The van der Waals surface area contributed by atoms with E-state index in [9.17, 15) is 13.9 Å². The minimum Gasteiger partial charge on any atom is -0.393 e. The molecule has 3 atom stereocenters. The zero-order valence-corrected chi connectivity index (χ0v) is 18.4. The van der Waals surface area contributed by atoms with Crippen molar-refractivity contribution in [1.82, 2.24) is 30.2 Å². The summed E-state index contributed by atoms with van der Waals surface area (Å²) in [4.78, 5) is 17.6. The molecule has 0 bridgehead atoms. The van der Waals surface area contributed by atoms with Crippen molar-refractivity contribution in [3.05, 3.63) is 47.9 Å². The SMILES string of the molecule is CN/C=C(\C(=N)C(O)N1CC(F)(F)C[C@@H](C)C1CNc1ncc(Cl)cn1)c1ncccn1. The van der Waals surface area contributed by atoms with Gasteiger partial charge in [-0.15, -0.1) is 0 Å². The second-order valence-corrected chi connectivity index (χ2v) is 8.03. The summed E-state index contributed by atoms with van der Waals surface area (Å²) >= 11 is 5.80. The molecular formula is C20H25ClF2N8O. The molecule has 32 heavy (non-hydrogen) atoms. The molecule has 3 heterocycles. The molecular weight excluding hydrogens is 442 g/mol. The monoisotopic (exact) mass is 466 g/mol. The molecule has 2 unspecified atom stereocenters. The molecule has 3 rings (SSSR count). The van der Waals surface area contributed by atoms with Gasteiger partial charge in [0.1, 0.15) is 0 Å². The van der Waals surface area contributed by atoms with Crippen LogP contribution >= 0.6 is 11.6 Å². The maximum atomic E-state index is 14.4. The second-order valence-electron chi connectivity index (χ2n) is 7.59. The van der Waals surface area contributed by atoms with Gasteiger partial charge >= 0.3 is 0 Å². The fourth-order valence-corrected chi connectivity index (χ4v) is 3.82. The Morgan fingerprint density at radius 3 is 2.62 bits per heavy atom. The molecule has 0 aromatic carbocycles. The van der Waals surface area contributed by atoms with Crippen LogP contribution in [-0.2, 0) is 0 Å². The number of anilines is 1. The topological polar surface area (TPSA) is 123 Å². The van der Waals surface area contributed by atoms with Gasteiger partial charge in [0.05, 0.1) is 35.2 Å². The van der Waals surface area contributed by atoms with E-state index in [1.54, 1.807) is 20.0 Å². The summed E-state index contributed by atoms with van der Waals surface area (Å²) in [6.07, 6.45) is 5.37. The van der Waals surface area contributed by atoms with Crippen molar-refractivity contribution in [1.29, 1.82) is 5.41 Å². The van der Waals surface area contributed by atoms with Crippen molar-refractivity contribution in [2.45, 2.75) is 31.5 Å². The van der Waals surface area contributed by atoms with Crippen molar-refractivity contribution in [2.24, 2.45) is 5.92 Å². The van der Waals surface area contributed by atoms with E-state index in [2.05, 4.69) is 30.6 Å². The lowest BCUT2D eigenvalue weighted by Gasteiger charge is -2.45. The number of likely N-dealkylation sites (tertiary alicyclic amines) is 1. The normalized spacial score (nSPS) is 22.2. The van der Waals surface area contributed by atoms with E-state index < -0.39 is 30.7 Å². The first kappa shape index (κ1) is 23.9. The summed E-state index contributed by atoms with van der Waals surface area (Å²) in [7, 11) is 1.62. The largest absolute Gasteiger partial charge is 0.393 e. The van der Waals surface area contributed by atoms with E-state index in [4.69, 9.17) is 17.0 Å². The molecule has 1 aliphatic heterocycles. The Kier molecular flexibility index (Phi) is 7.64. The Labute approximate surface area is 189 Å². The average molecular weight is 467 g/mol. The standard InChI is InChI=1S/C20H25ClF2N8O/c1-12-6-20(22,23)11-31(15(12)10-30-19-28-7-13(21)8-29-19)18(32)16(24)14(9-25-2)17-26-4-3-5-27-17/h3-5,7-9,12,15,18,24-25,32H,6,10-11H2,1-2H3,(H,28,29,30)/b14-9+,24-16?/t12-,15?,18?/m1/s1. The van der Waals surface area contributed by atoms with Crippen molar-refractivity contribution >= 4 is 28.8 Å².